The largest absolute Gasteiger partial charge is 0.497 e. The molecule has 0 aliphatic carbocycles. The molecule has 1 aromatic carbocycles. The van der Waals surface area contributed by atoms with Gasteiger partial charge in [-0.15, -0.1) is 0 Å². The molecule has 0 radical (unpaired) electrons. The van der Waals surface area contributed by atoms with Gasteiger partial charge in [0, 0.05) is 38.2 Å². The third-order valence-corrected chi connectivity index (χ3v) is 6.51. The lowest BCUT2D eigenvalue weighted by Crippen LogP contribution is -2.38. The first-order valence-corrected chi connectivity index (χ1v) is 11.8. The van der Waals surface area contributed by atoms with Gasteiger partial charge in [0.2, 0.25) is 0 Å². The minimum Gasteiger partial charge on any atom is -0.497 e. The zero-order chi connectivity index (χ0) is 23.9. The number of unbranched alkanes of at least 4 members (excludes halogenated alkanes) is 1. The fourth-order valence-corrected chi connectivity index (χ4v) is 4.49. The summed E-state index contributed by atoms with van der Waals surface area (Å²) >= 11 is 0. The summed E-state index contributed by atoms with van der Waals surface area (Å²) in [7, 11) is 3.17. The molecule has 8 nitrogen and oxygen atoms in total. The van der Waals surface area contributed by atoms with E-state index in [-0.39, 0.29) is 11.8 Å². The second-order valence-corrected chi connectivity index (χ2v) is 8.66. The zero-order valence-electron chi connectivity index (χ0n) is 19.8. The predicted molar refractivity (Wildman–Crippen MR) is 130 cm³/mol. The Bertz CT molecular complexity index is 1130. The highest BCUT2D eigenvalue weighted by molar-refractivity contribution is 5.97. The molecule has 0 bridgehead atoms. The Balaban J connectivity index is 1.17. The summed E-state index contributed by atoms with van der Waals surface area (Å²) in [4.78, 5) is 31.5. The van der Waals surface area contributed by atoms with Crippen LogP contribution < -0.4 is 14.8 Å². The molecule has 1 aliphatic heterocycles. The molecule has 1 fully saturated rings. The maximum atomic E-state index is 13.0. The summed E-state index contributed by atoms with van der Waals surface area (Å²) in [5.74, 6) is 1.75. The van der Waals surface area contributed by atoms with Crippen molar-refractivity contribution in [3.8, 4) is 11.5 Å². The normalized spacial score (nSPS) is 14.2. The zero-order valence-corrected chi connectivity index (χ0v) is 19.8. The summed E-state index contributed by atoms with van der Waals surface area (Å²) in [5.41, 5.74) is 2.00. The lowest BCUT2D eigenvalue weighted by molar-refractivity contribution is 0.0682. The average Bonchev–Trinajstić information content (AvgIpc) is 3.36. The number of imidazole rings is 1. The molecule has 2 amide bonds. The Labute approximate surface area is 199 Å². The second kappa shape index (κ2) is 11.0. The first-order valence-electron chi connectivity index (χ1n) is 11.8. The van der Waals surface area contributed by atoms with E-state index in [0.29, 0.717) is 35.1 Å². The average molecular weight is 465 g/mol. The van der Waals surface area contributed by atoms with E-state index in [2.05, 4.69) is 10.3 Å². The van der Waals surface area contributed by atoms with E-state index in [1.165, 1.54) is 0 Å². The summed E-state index contributed by atoms with van der Waals surface area (Å²) < 4.78 is 12.5. The van der Waals surface area contributed by atoms with Gasteiger partial charge in [-0.3, -0.25) is 9.59 Å². The third kappa shape index (κ3) is 5.50. The summed E-state index contributed by atoms with van der Waals surface area (Å²) in [6.07, 6.45) is 10.5. The van der Waals surface area contributed by atoms with Crippen LogP contribution in [0.2, 0.25) is 0 Å². The summed E-state index contributed by atoms with van der Waals surface area (Å²) in [6, 6.07) is 8.95. The molecule has 0 saturated carbocycles. The van der Waals surface area contributed by atoms with Crippen LogP contribution in [0, 0.1) is 5.92 Å². The Morgan fingerprint density at radius 2 is 1.91 bits per heavy atom. The van der Waals surface area contributed by atoms with Crippen LogP contribution >= 0.6 is 0 Å². The molecule has 1 N–H and O–H groups in total. The lowest BCUT2D eigenvalue weighted by Gasteiger charge is -2.32. The molecule has 0 spiro atoms. The van der Waals surface area contributed by atoms with E-state index in [0.717, 1.165) is 50.8 Å². The molecule has 0 atom stereocenters. The van der Waals surface area contributed by atoms with Crippen molar-refractivity contribution >= 4 is 17.5 Å². The SMILES string of the molecule is COc1ccc(OC)c(C(=O)N2CCC(CCCCNC(=O)c3ccc4nccn4c3)CC2)c1. The van der Waals surface area contributed by atoms with E-state index < -0.39 is 0 Å². The summed E-state index contributed by atoms with van der Waals surface area (Å²) in [5, 5.41) is 3.01. The van der Waals surface area contributed by atoms with Crippen molar-refractivity contribution in [1.82, 2.24) is 19.6 Å². The molecule has 180 valence electrons. The van der Waals surface area contributed by atoms with Crippen LogP contribution in [0.1, 0.15) is 52.8 Å². The van der Waals surface area contributed by atoms with Gasteiger partial charge in [-0.25, -0.2) is 4.98 Å². The lowest BCUT2D eigenvalue weighted by atomic mass is 9.91. The van der Waals surface area contributed by atoms with Crippen LogP contribution in [0.5, 0.6) is 11.5 Å². The van der Waals surface area contributed by atoms with Crippen LogP contribution in [0.3, 0.4) is 0 Å². The van der Waals surface area contributed by atoms with Gasteiger partial charge >= 0.3 is 0 Å². The monoisotopic (exact) mass is 464 g/mol. The molecule has 4 rings (SSSR count). The molecule has 34 heavy (non-hydrogen) atoms. The van der Waals surface area contributed by atoms with Crippen LogP contribution in [-0.2, 0) is 0 Å². The van der Waals surface area contributed by atoms with Crippen molar-refractivity contribution in [2.45, 2.75) is 32.1 Å². The number of hydrogen-bond acceptors (Lipinski definition) is 5. The highest BCUT2D eigenvalue weighted by Crippen LogP contribution is 2.28. The van der Waals surface area contributed by atoms with E-state index in [4.69, 9.17) is 9.47 Å². The molecule has 3 aromatic rings. The molecule has 3 heterocycles. The Hall–Kier alpha value is -3.55. The number of fused-ring (bicyclic) bond motifs is 1. The van der Waals surface area contributed by atoms with Crippen LogP contribution in [0.25, 0.3) is 5.65 Å². The fraction of sp³-hybridized carbons (Fsp3) is 0.423. The minimum absolute atomic E-state index is 0.00852. The number of aromatic nitrogens is 2. The molecular formula is C26H32N4O4. The number of pyridine rings is 1. The van der Waals surface area contributed by atoms with Gasteiger partial charge in [0.15, 0.2) is 0 Å². The fourth-order valence-electron chi connectivity index (χ4n) is 4.49. The van der Waals surface area contributed by atoms with Crippen molar-refractivity contribution in [2.24, 2.45) is 5.92 Å². The number of nitrogens with zero attached hydrogens (tertiary/aromatic N) is 3. The minimum atomic E-state index is -0.0598. The van der Waals surface area contributed by atoms with Gasteiger partial charge in [-0.1, -0.05) is 12.8 Å². The van der Waals surface area contributed by atoms with E-state index >= 15 is 0 Å². The first-order chi connectivity index (χ1) is 16.6. The maximum Gasteiger partial charge on any atom is 0.257 e. The molecule has 8 heteroatoms. The van der Waals surface area contributed by atoms with E-state index in [1.54, 1.807) is 50.9 Å². The van der Waals surface area contributed by atoms with Gasteiger partial charge < -0.3 is 24.1 Å². The van der Waals surface area contributed by atoms with Gasteiger partial charge in [-0.2, -0.15) is 0 Å². The molecule has 0 unspecified atom stereocenters. The number of ether oxygens (including phenoxy) is 2. The maximum absolute atomic E-state index is 13.0. The Kier molecular flexibility index (Phi) is 7.67. The standard InChI is InChI=1S/C26H32N4O4/c1-33-21-7-8-23(34-2)22(17-21)26(32)29-14-10-19(11-15-29)5-3-4-12-28-25(31)20-6-9-24-27-13-16-30(24)18-20/h6-9,13,16-19H,3-5,10-12,14-15H2,1-2H3,(H,28,31). The van der Waals surface area contributed by atoms with E-state index in [9.17, 15) is 9.59 Å². The number of amides is 2. The van der Waals surface area contributed by atoms with Crippen LogP contribution in [0.4, 0.5) is 0 Å². The van der Waals surface area contributed by atoms with Crippen molar-refractivity contribution < 1.29 is 19.1 Å². The molecule has 1 aliphatic rings. The van der Waals surface area contributed by atoms with Gasteiger partial charge in [-0.05, 0) is 55.5 Å². The van der Waals surface area contributed by atoms with Crippen molar-refractivity contribution in [1.29, 1.82) is 0 Å². The molecular weight excluding hydrogens is 432 g/mol. The van der Waals surface area contributed by atoms with Gasteiger partial charge in [0.1, 0.15) is 17.1 Å². The number of piperidine rings is 1. The van der Waals surface area contributed by atoms with Gasteiger partial charge in [0.05, 0.1) is 25.3 Å². The third-order valence-electron chi connectivity index (χ3n) is 6.51. The quantitative estimate of drug-likeness (QED) is 0.487. The number of methoxy groups -OCH3 is 2. The van der Waals surface area contributed by atoms with Gasteiger partial charge in [0.25, 0.3) is 11.8 Å². The molecule has 2 aromatic heterocycles. The Morgan fingerprint density at radius 1 is 1.09 bits per heavy atom. The van der Waals surface area contributed by atoms with E-state index in [1.807, 2.05) is 21.6 Å². The number of likely N-dealkylation sites (tertiary alicyclic amines) is 1. The number of nitrogens with one attached hydrogen (secondary N) is 1. The number of benzene rings is 1. The van der Waals surface area contributed by atoms with Crippen molar-refractivity contribution in [3.63, 3.8) is 0 Å². The highest BCUT2D eigenvalue weighted by Gasteiger charge is 2.25. The Morgan fingerprint density at radius 3 is 2.68 bits per heavy atom. The predicted octanol–water partition coefficient (Wildman–Crippen LogP) is 3.80. The van der Waals surface area contributed by atoms with Crippen molar-refractivity contribution in [3.05, 3.63) is 60.0 Å². The first kappa shape index (κ1) is 23.6. The number of carbonyl (C=O) groups is 2. The van der Waals surface area contributed by atoms with Crippen molar-refractivity contribution in [2.75, 3.05) is 33.9 Å². The molecule has 1 saturated heterocycles. The number of carbonyl (C=O) groups excluding carboxylic acids is 2. The van der Waals surface area contributed by atoms with Crippen LogP contribution in [-0.4, -0.2) is 60.0 Å². The topological polar surface area (TPSA) is 85.2 Å². The van der Waals surface area contributed by atoms with Crippen LogP contribution in [0.15, 0.2) is 48.9 Å². The summed E-state index contributed by atoms with van der Waals surface area (Å²) in [6.45, 7) is 2.16. The number of rotatable bonds is 9. The highest BCUT2D eigenvalue weighted by atomic mass is 16.5. The smallest absolute Gasteiger partial charge is 0.257 e. The number of hydrogen-bond donors (Lipinski definition) is 1. The second-order valence-electron chi connectivity index (χ2n) is 8.66.